The standard InChI is InChI=1S/C20H36N4O2.HI/c1-6-21-19(22-13-17(15(2)3)24-11-7-8-12-24)23-14-20(5,25)18-10-9-16(4)26-18;/h9-10,15,17,25H,6-8,11-14H2,1-5H3,(H2,21,22,23);1H. The van der Waals surface area contributed by atoms with Gasteiger partial charge in [0.25, 0.3) is 0 Å². The molecule has 0 aliphatic carbocycles. The first-order chi connectivity index (χ1) is 12.3. The molecule has 0 amide bonds. The van der Waals surface area contributed by atoms with E-state index >= 15 is 0 Å². The molecule has 2 atom stereocenters. The first-order valence-corrected chi connectivity index (χ1v) is 9.89. The number of aliphatic hydroxyl groups is 1. The molecule has 1 aliphatic rings. The highest BCUT2D eigenvalue weighted by atomic mass is 127. The minimum Gasteiger partial charge on any atom is -0.463 e. The van der Waals surface area contributed by atoms with Crippen LogP contribution in [-0.4, -0.2) is 54.7 Å². The molecule has 0 aromatic carbocycles. The van der Waals surface area contributed by atoms with Gasteiger partial charge in [-0.25, -0.2) is 4.99 Å². The molecule has 2 unspecified atom stereocenters. The van der Waals surface area contributed by atoms with Crippen LogP contribution in [0, 0.1) is 12.8 Å². The number of aliphatic imine (C=N–C) groups is 1. The molecule has 27 heavy (non-hydrogen) atoms. The van der Waals surface area contributed by atoms with E-state index in [0.29, 0.717) is 17.7 Å². The lowest BCUT2D eigenvalue weighted by atomic mass is 10.0. The fraction of sp³-hybridized carbons (Fsp3) is 0.750. The van der Waals surface area contributed by atoms with Crippen molar-refractivity contribution in [3.8, 4) is 0 Å². The molecule has 2 rings (SSSR count). The summed E-state index contributed by atoms with van der Waals surface area (Å²) in [6.07, 6.45) is 2.59. The molecule has 7 heteroatoms. The molecule has 1 saturated heterocycles. The molecule has 3 N–H and O–H groups in total. The van der Waals surface area contributed by atoms with Gasteiger partial charge in [0, 0.05) is 19.1 Å². The number of hydrogen-bond acceptors (Lipinski definition) is 4. The SMILES string of the molecule is CCNC(=NCC(C)(O)c1ccc(C)o1)NCC(C(C)C)N1CCCC1.I. The number of aryl methyl sites for hydroxylation is 1. The molecule has 1 aromatic heterocycles. The maximum Gasteiger partial charge on any atom is 0.191 e. The highest BCUT2D eigenvalue weighted by Gasteiger charge is 2.27. The second-order valence-corrected chi connectivity index (χ2v) is 7.81. The Morgan fingerprint density at radius 1 is 1.30 bits per heavy atom. The van der Waals surface area contributed by atoms with Crippen molar-refractivity contribution in [1.82, 2.24) is 15.5 Å². The summed E-state index contributed by atoms with van der Waals surface area (Å²) in [4.78, 5) is 7.17. The zero-order chi connectivity index (χ0) is 19.2. The van der Waals surface area contributed by atoms with Crippen LogP contribution in [0.3, 0.4) is 0 Å². The average molecular weight is 492 g/mol. The third-order valence-electron chi connectivity index (χ3n) is 5.02. The zero-order valence-electron chi connectivity index (χ0n) is 17.4. The number of nitrogens with zero attached hydrogens (tertiary/aromatic N) is 2. The number of guanidine groups is 1. The molecule has 2 heterocycles. The minimum atomic E-state index is -1.12. The van der Waals surface area contributed by atoms with Gasteiger partial charge in [-0.3, -0.25) is 4.90 Å². The number of furan rings is 1. The third-order valence-corrected chi connectivity index (χ3v) is 5.02. The summed E-state index contributed by atoms with van der Waals surface area (Å²) in [5, 5.41) is 17.4. The smallest absolute Gasteiger partial charge is 0.191 e. The van der Waals surface area contributed by atoms with Gasteiger partial charge >= 0.3 is 0 Å². The Bertz CT molecular complexity index is 580. The number of nitrogens with one attached hydrogen (secondary N) is 2. The molecule has 0 bridgehead atoms. The second kappa shape index (κ2) is 11.3. The van der Waals surface area contributed by atoms with Gasteiger partial charge in [0.1, 0.15) is 17.1 Å². The quantitative estimate of drug-likeness (QED) is 0.296. The van der Waals surface area contributed by atoms with Crippen molar-refractivity contribution in [3.63, 3.8) is 0 Å². The van der Waals surface area contributed by atoms with Gasteiger partial charge in [0.15, 0.2) is 5.96 Å². The van der Waals surface area contributed by atoms with Crippen molar-refractivity contribution >= 4 is 29.9 Å². The fourth-order valence-corrected chi connectivity index (χ4v) is 3.44. The predicted molar refractivity (Wildman–Crippen MR) is 122 cm³/mol. The fourth-order valence-electron chi connectivity index (χ4n) is 3.44. The summed E-state index contributed by atoms with van der Waals surface area (Å²) in [7, 11) is 0. The molecular formula is C20H37IN4O2. The highest BCUT2D eigenvalue weighted by molar-refractivity contribution is 14.0. The third kappa shape index (κ3) is 7.27. The van der Waals surface area contributed by atoms with E-state index in [9.17, 15) is 5.11 Å². The molecule has 1 aliphatic heterocycles. The van der Waals surface area contributed by atoms with Crippen LogP contribution >= 0.6 is 24.0 Å². The number of likely N-dealkylation sites (tertiary alicyclic amines) is 1. The van der Waals surface area contributed by atoms with Crippen LogP contribution in [0.4, 0.5) is 0 Å². The largest absolute Gasteiger partial charge is 0.463 e. The number of hydrogen-bond donors (Lipinski definition) is 3. The summed E-state index contributed by atoms with van der Waals surface area (Å²) in [5.41, 5.74) is -1.12. The first-order valence-electron chi connectivity index (χ1n) is 9.89. The maximum atomic E-state index is 10.7. The van der Waals surface area contributed by atoms with Gasteiger partial charge in [0.05, 0.1) is 6.54 Å². The van der Waals surface area contributed by atoms with Crippen LogP contribution in [0.5, 0.6) is 0 Å². The van der Waals surface area contributed by atoms with E-state index in [1.807, 2.05) is 26.0 Å². The summed E-state index contributed by atoms with van der Waals surface area (Å²) < 4.78 is 5.57. The van der Waals surface area contributed by atoms with E-state index in [-0.39, 0.29) is 30.5 Å². The molecule has 0 radical (unpaired) electrons. The Morgan fingerprint density at radius 2 is 1.96 bits per heavy atom. The summed E-state index contributed by atoms with van der Waals surface area (Å²) in [6.45, 7) is 14.5. The molecular weight excluding hydrogens is 455 g/mol. The molecule has 0 spiro atoms. The molecule has 156 valence electrons. The van der Waals surface area contributed by atoms with Crippen LogP contribution < -0.4 is 10.6 Å². The van der Waals surface area contributed by atoms with E-state index in [0.717, 1.165) is 24.8 Å². The normalized spacial score (nSPS) is 18.9. The lowest BCUT2D eigenvalue weighted by Gasteiger charge is -2.31. The summed E-state index contributed by atoms with van der Waals surface area (Å²) >= 11 is 0. The molecule has 6 nitrogen and oxygen atoms in total. The first kappa shape index (κ1) is 24.2. The average Bonchev–Trinajstić information content (AvgIpc) is 3.24. The summed E-state index contributed by atoms with van der Waals surface area (Å²) in [6, 6.07) is 4.17. The van der Waals surface area contributed by atoms with E-state index in [1.165, 1.54) is 25.9 Å². The van der Waals surface area contributed by atoms with Gasteiger partial charge in [-0.15, -0.1) is 24.0 Å². The summed E-state index contributed by atoms with van der Waals surface area (Å²) in [5.74, 6) is 2.66. The van der Waals surface area contributed by atoms with Crippen LogP contribution in [0.15, 0.2) is 21.5 Å². The Kier molecular flexibility index (Phi) is 10.1. The molecule has 1 fully saturated rings. The lowest BCUT2D eigenvalue weighted by molar-refractivity contribution is 0.0428. The molecule has 0 saturated carbocycles. The van der Waals surface area contributed by atoms with Crippen LogP contribution in [-0.2, 0) is 5.60 Å². The van der Waals surface area contributed by atoms with Gasteiger partial charge in [0.2, 0.25) is 0 Å². The zero-order valence-corrected chi connectivity index (χ0v) is 19.7. The number of rotatable bonds is 8. The molecule has 1 aromatic rings. The monoisotopic (exact) mass is 492 g/mol. The van der Waals surface area contributed by atoms with Crippen molar-refractivity contribution in [2.75, 3.05) is 32.7 Å². The Labute approximate surface area is 181 Å². The Balaban J connectivity index is 0.00000364. The topological polar surface area (TPSA) is 73.0 Å². The van der Waals surface area contributed by atoms with Crippen molar-refractivity contribution in [2.24, 2.45) is 10.9 Å². The number of halogens is 1. The van der Waals surface area contributed by atoms with Crippen molar-refractivity contribution in [2.45, 2.75) is 59.1 Å². The van der Waals surface area contributed by atoms with Gasteiger partial charge in [-0.05, 0) is 64.8 Å². The van der Waals surface area contributed by atoms with Crippen LogP contribution in [0.2, 0.25) is 0 Å². The maximum absolute atomic E-state index is 10.7. The lowest BCUT2D eigenvalue weighted by Crippen LogP contribution is -2.48. The van der Waals surface area contributed by atoms with E-state index in [4.69, 9.17) is 4.42 Å². The minimum absolute atomic E-state index is 0. The van der Waals surface area contributed by atoms with Crippen molar-refractivity contribution in [3.05, 3.63) is 23.7 Å². The Morgan fingerprint density at radius 3 is 2.48 bits per heavy atom. The van der Waals surface area contributed by atoms with Crippen molar-refractivity contribution < 1.29 is 9.52 Å². The highest BCUT2D eigenvalue weighted by Crippen LogP contribution is 2.23. The second-order valence-electron chi connectivity index (χ2n) is 7.81. The van der Waals surface area contributed by atoms with Gasteiger partial charge in [-0.1, -0.05) is 13.8 Å². The van der Waals surface area contributed by atoms with Gasteiger partial charge < -0.3 is 20.2 Å². The van der Waals surface area contributed by atoms with E-state index < -0.39 is 5.60 Å². The van der Waals surface area contributed by atoms with Crippen LogP contribution in [0.1, 0.15) is 52.1 Å². The van der Waals surface area contributed by atoms with Gasteiger partial charge in [-0.2, -0.15) is 0 Å². The van der Waals surface area contributed by atoms with Crippen molar-refractivity contribution in [1.29, 1.82) is 0 Å². The van der Waals surface area contributed by atoms with E-state index in [1.54, 1.807) is 6.92 Å². The van der Waals surface area contributed by atoms with Crippen LogP contribution in [0.25, 0.3) is 0 Å². The Hall–Kier alpha value is -0.800. The predicted octanol–water partition coefficient (Wildman–Crippen LogP) is 3.09. The van der Waals surface area contributed by atoms with E-state index in [2.05, 4.69) is 34.4 Å².